The van der Waals surface area contributed by atoms with E-state index in [2.05, 4.69) is 25.6 Å². The molecule has 1 heterocycles. The molecule has 0 unspecified atom stereocenters. The molecule has 0 fully saturated rings. The first-order valence-corrected chi connectivity index (χ1v) is 10.0. The van der Waals surface area contributed by atoms with E-state index in [1.165, 1.54) is 20.9 Å². The van der Waals surface area contributed by atoms with Crippen molar-refractivity contribution in [2.24, 2.45) is 7.05 Å². The van der Waals surface area contributed by atoms with Crippen LogP contribution in [0.5, 0.6) is 5.75 Å². The number of nitrogens with zero attached hydrogens (tertiary/aromatic N) is 5. The molecule has 10 nitrogen and oxygen atoms in total. The van der Waals surface area contributed by atoms with Gasteiger partial charge in [0.1, 0.15) is 5.69 Å². The predicted molar refractivity (Wildman–Crippen MR) is 97.4 cm³/mol. The molecule has 1 aromatic heterocycles. The summed E-state index contributed by atoms with van der Waals surface area (Å²) in [7, 11) is -2.59. The molecule has 0 saturated carbocycles. The van der Waals surface area contributed by atoms with E-state index in [9.17, 15) is 26.4 Å². The lowest BCUT2D eigenvalue weighted by Crippen LogP contribution is -2.33. The molecule has 1 aromatic carbocycles. The first-order valence-electron chi connectivity index (χ1n) is 8.03. The fraction of sp³-hybridized carbons (Fsp3) is 0.429. The van der Waals surface area contributed by atoms with Crippen LogP contribution in [-0.2, 0) is 17.1 Å². The van der Waals surface area contributed by atoms with Gasteiger partial charge in [0.15, 0.2) is 5.75 Å². The molecule has 0 aliphatic rings. The van der Waals surface area contributed by atoms with E-state index in [-0.39, 0.29) is 18.1 Å². The Balaban J connectivity index is 2.62. The second-order valence-corrected chi connectivity index (χ2v) is 8.03. The number of aryl methyl sites for hydroxylation is 1. The number of tetrazole rings is 1. The number of hydrogen-bond donors (Lipinski definition) is 1. The zero-order chi connectivity index (χ0) is 22.0. The standard InChI is InChI=1S/C14H16ClF3N6O4S/c1-4-24(29(26,27)5-2)11-9(28-14(16,17)18)7-6-8(10(11)15)12(25)19-13-20-21-22-23(13)3/h6-7H,4-5H2,1-3H3,(H,19,20,22,25). The maximum atomic E-state index is 12.8. The lowest BCUT2D eigenvalue weighted by atomic mass is 10.1. The zero-order valence-electron chi connectivity index (χ0n) is 15.4. The molecular formula is C14H16ClF3N6O4S. The van der Waals surface area contributed by atoms with Gasteiger partial charge in [0.2, 0.25) is 16.0 Å². The van der Waals surface area contributed by atoms with Gasteiger partial charge in [0, 0.05) is 13.6 Å². The van der Waals surface area contributed by atoms with Crippen LogP contribution in [0, 0.1) is 0 Å². The highest BCUT2D eigenvalue weighted by Gasteiger charge is 2.36. The van der Waals surface area contributed by atoms with Gasteiger partial charge in [0.25, 0.3) is 5.91 Å². The van der Waals surface area contributed by atoms with Crippen molar-refractivity contribution in [3.05, 3.63) is 22.7 Å². The summed E-state index contributed by atoms with van der Waals surface area (Å²) in [4.78, 5) is 12.5. The molecule has 15 heteroatoms. The Morgan fingerprint density at radius 3 is 2.48 bits per heavy atom. The Bertz CT molecular complexity index is 1010. The number of halogens is 4. The lowest BCUT2D eigenvalue weighted by molar-refractivity contribution is -0.274. The SMILES string of the molecule is CCN(c1c(OC(F)(F)F)ccc(C(=O)Nc2nnnn2C)c1Cl)S(=O)(=O)CC. The summed E-state index contributed by atoms with van der Waals surface area (Å²) in [6.07, 6.45) is -5.11. The Morgan fingerprint density at radius 2 is 2.00 bits per heavy atom. The van der Waals surface area contributed by atoms with Gasteiger partial charge in [-0.15, -0.1) is 13.2 Å². The molecule has 0 aliphatic heterocycles. The van der Waals surface area contributed by atoms with E-state index in [0.717, 1.165) is 16.8 Å². The minimum Gasteiger partial charge on any atom is -0.403 e. The molecule has 0 aliphatic carbocycles. The van der Waals surface area contributed by atoms with Crippen molar-refractivity contribution in [3.63, 3.8) is 0 Å². The maximum absolute atomic E-state index is 12.8. The fourth-order valence-corrected chi connectivity index (χ4v) is 3.87. The average molecular weight is 457 g/mol. The Hall–Kier alpha value is -2.61. The second kappa shape index (κ2) is 8.41. The van der Waals surface area contributed by atoms with Crippen molar-refractivity contribution < 1.29 is 31.1 Å². The summed E-state index contributed by atoms with van der Waals surface area (Å²) >= 11 is 6.18. The molecule has 160 valence electrons. The van der Waals surface area contributed by atoms with Crippen molar-refractivity contribution in [3.8, 4) is 5.75 Å². The number of rotatable bonds is 7. The van der Waals surface area contributed by atoms with Crippen LogP contribution >= 0.6 is 11.6 Å². The van der Waals surface area contributed by atoms with Crippen LogP contribution in [0.15, 0.2) is 12.1 Å². The molecule has 1 amide bonds. The number of aromatic nitrogens is 4. The summed E-state index contributed by atoms with van der Waals surface area (Å²) in [5.41, 5.74) is -0.902. The number of sulfonamides is 1. The fourth-order valence-electron chi connectivity index (χ4n) is 2.32. The van der Waals surface area contributed by atoms with Crippen LogP contribution < -0.4 is 14.4 Å². The first-order chi connectivity index (χ1) is 13.4. The summed E-state index contributed by atoms with van der Waals surface area (Å²) in [6, 6.07) is 1.78. The summed E-state index contributed by atoms with van der Waals surface area (Å²) in [6.45, 7) is 2.47. The molecule has 2 rings (SSSR count). The third kappa shape index (κ3) is 5.06. The van der Waals surface area contributed by atoms with Crippen molar-refractivity contribution >= 4 is 39.2 Å². The largest absolute Gasteiger partial charge is 0.573 e. The Morgan fingerprint density at radius 1 is 1.34 bits per heavy atom. The number of alkyl halides is 3. The smallest absolute Gasteiger partial charge is 0.403 e. The molecule has 1 N–H and O–H groups in total. The van der Waals surface area contributed by atoms with Crippen LogP contribution in [0.3, 0.4) is 0 Å². The van der Waals surface area contributed by atoms with Gasteiger partial charge in [-0.25, -0.2) is 13.1 Å². The summed E-state index contributed by atoms with van der Waals surface area (Å²) in [5, 5.41) is 12.2. The van der Waals surface area contributed by atoms with Crippen molar-refractivity contribution in [1.82, 2.24) is 20.2 Å². The third-order valence-electron chi connectivity index (χ3n) is 3.63. The normalized spacial score (nSPS) is 12.0. The highest BCUT2D eigenvalue weighted by atomic mass is 35.5. The van der Waals surface area contributed by atoms with Crippen molar-refractivity contribution in [2.75, 3.05) is 21.9 Å². The highest BCUT2D eigenvalue weighted by Crippen LogP contribution is 2.42. The topological polar surface area (TPSA) is 119 Å². The van der Waals surface area contributed by atoms with Gasteiger partial charge in [-0.1, -0.05) is 16.7 Å². The van der Waals surface area contributed by atoms with E-state index < -0.39 is 44.5 Å². The molecule has 0 bridgehead atoms. The van der Waals surface area contributed by atoms with Crippen LogP contribution in [-0.4, -0.2) is 53.2 Å². The molecular weight excluding hydrogens is 441 g/mol. The van der Waals surface area contributed by atoms with E-state index in [4.69, 9.17) is 11.6 Å². The van der Waals surface area contributed by atoms with Crippen LogP contribution in [0.2, 0.25) is 5.02 Å². The second-order valence-electron chi connectivity index (χ2n) is 5.47. The Labute approximate surface area is 168 Å². The van der Waals surface area contributed by atoms with E-state index in [1.807, 2.05) is 0 Å². The van der Waals surface area contributed by atoms with E-state index in [0.29, 0.717) is 4.31 Å². The first kappa shape index (κ1) is 22.7. The number of nitrogens with one attached hydrogen (secondary N) is 1. The van der Waals surface area contributed by atoms with Gasteiger partial charge >= 0.3 is 6.36 Å². The minimum absolute atomic E-state index is 0.0586. The molecule has 0 saturated heterocycles. The van der Waals surface area contributed by atoms with Crippen molar-refractivity contribution in [2.45, 2.75) is 20.2 Å². The highest BCUT2D eigenvalue weighted by molar-refractivity contribution is 7.92. The maximum Gasteiger partial charge on any atom is 0.573 e. The Kier molecular flexibility index (Phi) is 6.57. The molecule has 0 spiro atoms. The molecule has 0 radical (unpaired) electrons. The van der Waals surface area contributed by atoms with Gasteiger partial charge in [0.05, 0.1) is 16.3 Å². The third-order valence-corrected chi connectivity index (χ3v) is 5.86. The monoisotopic (exact) mass is 456 g/mol. The van der Waals surface area contributed by atoms with Crippen LogP contribution in [0.25, 0.3) is 0 Å². The number of anilines is 2. The molecule has 2 aromatic rings. The number of ether oxygens (including phenoxy) is 1. The number of carbonyl (C=O) groups is 1. The number of benzene rings is 1. The van der Waals surface area contributed by atoms with Gasteiger partial charge < -0.3 is 4.74 Å². The van der Waals surface area contributed by atoms with E-state index in [1.54, 1.807) is 0 Å². The zero-order valence-corrected chi connectivity index (χ0v) is 16.9. The van der Waals surface area contributed by atoms with Gasteiger partial charge in [-0.05, 0) is 36.4 Å². The predicted octanol–water partition coefficient (Wildman–Crippen LogP) is 2.19. The van der Waals surface area contributed by atoms with Crippen molar-refractivity contribution in [1.29, 1.82) is 0 Å². The van der Waals surface area contributed by atoms with Gasteiger partial charge in [-0.3, -0.25) is 14.4 Å². The minimum atomic E-state index is -5.11. The molecule has 0 atom stereocenters. The average Bonchev–Trinajstić information content (AvgIpc) is 3.01. The van der Waals surface area contributed by atoms with E-state index >= 15 is 0 Å². The van der Waals surface area contributed by atoms with Gasteiger partial charge in [-0.2, -0.15) is 0 Å². The van der Waals surface area contributed by atoms with Crippen LogP contribution in [0.4, 0.5) is 24.8 Å². The quantitative estimate of drug-likeness (QED) is 0.678. The number of carbonyl (C=O) groups excluding carboxylic acids is 1. The summed E-state index contributed by atoms with van der Waals surface area (Å²) in [5.74, 6) is -2.20. The summed E-state index contributed by atoms with van der Waals surface area (Å²) < 4.78 is 68.9. The van der Waals surface area contributed by atoms with Crippen LogP contribution in [0.1, 0.15) is 24.2 Å². The lowest BCUT2D eigenvalue weighted by Gasteiger charge is -2.26. The number of hydrogen-bond acceptors (Lipinski definition) is 7. The number of amides is 1. The molecule has 29 heavy (non-hydrogen) atoms.